The molecule has 3 aliphatic carbocycles. The lowest BCUT2D eigenvalue weighted by molar-refractivity contribution is -0.235. The fraction of sp³-hybridized carbons (Fsp3) is 0.727. The first-order valence-corrected chi connectivity index (χ1v) is 9.90. The molecule has 4 heteroatoms. The van der Waals surface area contributed by atoms with Gasteiger partial charge >= 0.3 is 0 Å². The van der Waals surface area contributed by atoms with E-state index in [1.165, 1.54) is 0 Å². The molecule has 142 valence electrons. The molecule has 2 bridgehead atoms. The smallest absolute Gasteiger partial charge is 0.173 e. The van der Waals surface area contributed by atoms with E-state index in [1.807, 2.05) is 19.1 Å². The fourth-order valence-corrected chi connectivity index (χ4v) is 6.51. The Labute approximate surface area is 156 Å². The van der Waals surface area contributed by atoms with Gasteiger partial charge in [0, 0.05) is 35.0 Å². The third kappa shape index (κ3) is 2.09. The molecule has 0 aromatic rings. The van der Waals surface area contributed by atoms with Crippen LogP contribution >= 0.6 is 0 Å². The van der Waals surface area contributed by atoms with Gasteiger partial charge in [-0.15, -0.1) is 6.58 Å². The minimum absolute atomic E-state index is 0.105. The maximum Gasteiger partial charge on any atom is 0.173 e. The first-order chi connectivity index (χ1) is 12.3. The van der Waals surface area contributed by atoms with Crippen LogP contribution in [0.15, 0.2) is 24.3 Å². The minimum Gasteiger partial charge on any atom is -0.347 e. The highest BCUT2D eigenvalue weighted by molar-refractivity contribution is 5.89. The number of hydrogen-bond donors (Lipinski definition) is 0. The van der Waals surface area contributed by atoms with Gasteiger partial charge in [0.05, 0.1) is 13.2 Å². The number of carbonyl (C=O) groups excluding carboxylic acids is 2. The first kappa shape index (κ1) is 18.1. The summed E-state index contributed by atoms with van der Waals surface area (Å²) in [5.41, 5.74) is -0.567. The zero-order chi connectivity index (χ0) is 18.8. The number of allylic oxidation sites excluding steroid dienone is 3. The molecule has 0 aromatic heterocycles. The predicted octanol–water partition coefficient (Wildman–Crippen LogP) is 3.85. The first-order valence-electron chi connectivity index (χ1n) is 9.90. The molecule has 4 aliphatic rings. The molecule has 3 fully saturated rings. The Kier molecular flexibility index (Phi) is 3.92. The zero-order valence-corrected chi connectivity index (χ0v) is 16.2. The van der Waals surface area contributed by atoms with E-state index in [0.717, 1.165) is 37.5 Å². The van der Waals surface area contributed by atoms with Gasteiger partial charge in [-0.2, -0.15) is 0 Å². The van der Waals surface area contributed by atoms with Gasteiger partial charge in [-0.1, -0.05) is 32.9 Å². The SMILES string of the molecule is C=C[C@@]1(C)/C=C(/C=O)[C@@]23CC[C@@H](C)[C@@](C)(C(=O)C1)C2C1(CC3)OCCO1. The highest BCUT2D eigenvalue weighted by Crippen LogP contribution is 2.70. The molecule has 4 rings (SSSR count). The van der Waals surface area contributed by atoms with Crippen LogP contribution in [0.25, 0.3) is 0 Å². The van der Waals surface area contributed by atoms with Crippen molar-refractivity contribution in [1.29, 1.82) is 0 Å². The summed E-state index contributed by atoms with van der Waals surface area (Å²) in [6.45, 7) is 11.4. The third-order valence-corrected chi connectivity index (χ3v) is 8.13. The molecule has 1 saturated heterocycles. The van der Waals surface area contributed by atoms with Gasteiger partial charge in [0.1, 0.15) is 12.1 Å². The second-order valence-electron chi connectivity index (χ2n) is 9.35. The van der Waals surface area contributed by atoms with E-state index in [2.05, 4.69) is 20.4 Å². The van der Waals surface area contributed by atoms with Crippen molar-refractivity contribution in [2.24, 2.45) is 28.1 Å². The lowest BCUT2D eigenvalue weighted by atomic mass is 9.46. The van der Waals surface area contributed by atoms with Crippen LogP contribution in [0.3, 0.4) is 0 Å². The van der Waals surface area contributed by atoms with Crippen molar-refractivity contribution >= 4 is 12.1 Å². The van der Waals surface area contributed by atoms with Crippen molar-refractivity contribution < 1.29 is 19.1 Å². The summed E-state index contributed by atoms with van der Waals surface area (Å²) in [6, 6.07) is 0. The van der Waals surface area contributed by atoms with Crippen molar-refractivity contribution in [2.75, 3.05) is 13.2 Å². The van der Waals surface area contributed by atoms with Crippen molar-refractivity contribution in [3.8, 4) is 0 Å². The van der Waals surface area contributed by atoms with Crippen LogP contribution in [0.1, 0.15) is 52.9 Å². The van der Waals surface area contributed by atoms with E-state index in [4.69, 9.17) is 9.47 Å². The Balaban J connectivity index is 2.00. The number of Topliss-reactive ketones (excluding diaryl/α,β-unsaturated/α-hetero) is 1. The molecule has 0 aromatic carbocycles. The Morgan fingerprint density at radius 2 is 1.88 bits per heavy atom. The average Bonchev–Trinajstić information content (AvgIpc) is 3.22. The summed E-state index contributed by atoms with van der Waals surface area (Å²) >= 11 is 0. The Morgan fingerprint density at radius 3 is 2.50 bits per heavy atom. The van der Waals surface area contributed by atoms with Crippen molar-refractivity contribution in [2.45, 2.75) is 58.7 Å². The normalized spacial score (nSPS) is 49.0. The topological polar surface area (TPSA) is 52.6 Å². The third-order valence-electron chi connectivity index (χ3n) is 8.13. The number of hydrogen-bond acceptors (Lipinski definition) is 4. The molecule has 5 atom stereocenters. The molecular formula is C22H30O4. The molecule has 1 heterocycles. The van der Waals surface area contributed by atoms with E-state index in [0.29, 0.717) is 19.6 Å². The summed E-state index contributed by atoms with van der Waals surface area (Å²) in [6.07, 6.45) is 8.68. The van der Waals surface area contributed by atoms with Crippen LogP contribution in [0.4, 0.5) is 0 Å². The molecular weight excluding hydrogens is 328 g/mol. The molecule has 2 saturated carbocycles. The summed E-state index contributed by atoms with van der Waals surface area (Å²) in [4.78, 5) is 25.9. The van der Waals surface area contributed by atoms with E-state index >= 15 is 0 Å². The lowest BCUT2D eigenvalue weighted by Gasteiger charge is -2.57. The van der Waals surface area contributed by atoms with Gasteiger partial charge in [-0.25, -0.2) is 0 Å². The maximum absolute atomic E-state index is 13.7. The van der Waals surface area contributed by atoms with Crippen LogP contribution in [-0.4, -0.2) is 31.1 Å². The largest absolute Gasteiger partial charge is 0.347 e. The monoisotopic (exact) mass is 358 g/mol. The van der Waals surface area contributed by atoms with E-state index < -0.39 is 16.6 Å². The minimum atomic E-state index is -0.719. The molecule has 1 spiro atoms. The number of rotatable bonds is 2. The van der Waals surface area contributed by atoms with E-state index in [1.54, 1.807) is 0 Å². The average molecular weight is 358 g/mol. The highest BCUT2D eigenvalue weighted by atomic mass is 16.7. The molecule has 4 nitrogen and oxygen atoms in total. The summed E-state index contributed by atoms with van der Waals surface area (Å²) < 4.78 is 12.4. The van der Waals surface area contributed by atoms with Crippen LogP contribution in [0.2, 0.25) is 0 Å². The molecule has 26 heavy (non-hydrogen) atoms. The molecule has 1 unspecified atom stereocenters. The predicted molar refractivity (Wildman–Crippen MR) is 98.4 cm³/mol. The van der Waals surface area contributed by atoms with Crippen LogP contribution in [0, 0.1) is 28.1 Å². The molecule has 1 aliphatic heterocycles. The van der Waals surface area contributed by atoms with Crippen molar-refractivity contribution in [3.05, 3.63) is 24.3 Å². The summed E-state index contributed by atoms with van der Waals surface area (Å²) in [7, 11) is 0. The van der Waals surface area contributed by atoms with Gasteiger partial charge in [-0.05, 0) is 30.8 Å². The number of ketones is 1. The number of aldehydes is 1. The number of carbonyl (C=O) groups is 2. The van der Waals surface area contributed by atoms with Gasteiger partial charge in [0.15, 0.2) is 5.79 Å². The van der Waals surface area contributed by atoms with Crippen LogP contribution in [-0.2, 0) is 19.1 Å². The molecule has 0 amide bonds. The van der Waals surface area contributed by atoms with Crippen LogP contribution in [0.5, 0.6) is 0 Å². The van der Waals surface area contributed by atoms with E-state index in [-0.39, 0.29) is 23.0 Å². The quantitative estimate of drug-likeness (QED) is 0.556. The fourth-order valence-electron chi connectivity index (χ4n) is 6.51. The van der Waals surface area contributed by atoms with E-state index in [9.17, 15) is 9.59 Å². The zero-order valence-electron chi connectivity index (χ0n) is 16.2. The Morgan fingerprint density at radius 1 is 1.19 bits per heavy atom. The molecule has 0 N–H and O–H groups in total. The Bertz CT molecular complexity index is 688. The van der Waals surface area contributed by atoms with Gasteiger partial charge in [-0.3, -0.25) is 9.59 Å². The molecule has 0 radical (unpaired) electrons. The van der Waals surface area contributed by atoms with Crippen molar-refractivity contribution in [1.82, 2.24) is 0 Å². The van der Waals surface area contributed by atoms with Gasteiger partial charge in [0.25, 0.3) is 0 Å². The highest BCUT2D eigenvalue weighted by Gasteiger charge is 2.71. The maximum atomic E-state index is 13.7. The summed E-state index contributed by atoms with van der Waals surface area (Å²) in [5.74, 6) is -0.339. The second-order valence-corrected chi connectivity index (χ2v) is 9.35. The Hall–Kier alpha value is -1.26. The van der Waals surface area contributed by atoms with Crippen LogP contribution < -0.4 is 0 Å². The number of ether oxygens (including phenoxy) is 2. The van der Waals surface area contributed by atoms with Gasteiger partial charge < -0.3 is 9.47 Å². The lowest BCUT2D eigenvalue weighted by Crippen LogP contribution is -2.60. The second kappa shape index (κ2) is 5.62. The van der Waals surface area contributed by atoms with Crippen molar-refractivity contribution in [3.63, 3.8) is 0 Å². The van der Waals surface area contributed by atoms with Gasteiger partial charge in [0.2, 0.25) is 0 Å². The summed E-state index contributed by atoms with van der Waals surface area (Å²) in [5, 5.41) is 0. The standard InChI is InChI=1S/C22H30O4/c1-5-19(3)12-16(14-23)21-7-6-15(2)20(4,17(24)13-19)18(21)22(9-8-21)25-10-11-26-22/h5,12,14-15,18H,1,6-11,13H2,2-4H3/b16-12-/t15-,18?,19+,20+,21+/m1/s1.